The highest BCUT2D eigenvalue weighted by molar-refractivity contribution is 9.11. The predicted molar refractivity (Wildman–Crippen MR) is 91.2 cm³/mol. The third-order valence-corrected chi connectivity index (χ3v) is 5.68. The van der Waals surface area contributed by atoms with Crippen molar-refractivity contribution in [3.8, 4) is 0 Å². The van der Waals surface area contributed by atoms with E-state index in [0.29, 0.717) is 5.41 Å². The SMILES string of the molecule is Cc1cc(CCC(C)(C)CCNCC(C)C)sc1Br. The lowest BCUT2D eigenvalue weighted by molar-refractivity contribution is 0.300. The van der Waals surface area contributed by atoms with Gasteiger partial charge in [-0.2, -0.15) is 0 Å². The number of rotatable bonds is 8. The summed E-state index contributed by atoms with van der Waals surface area (Å²) in [5.41, 5.74) is 1.80. The quantitative estimate of drug-likeness (QED) is 0.620. The van der Waals surface area contributed by atoms with Crippen LogP contribution in [0.25, 0.3) is 0 Å². The van der Waals surface area contributed by atoms with Crippen LogP contribution in [-0.4, -0.2) is 13.1 Å². The molecule has 0 aliphatic heterocycles. The maximum absolute atomic E-state index is 3.61. The van der Waals surface area contributed by atoms with Crippen LogP contribution in [-0.2, 0) is 6.42 Å². The number of hydrogen-bond acceptors (Lipinski definition) is 2. The Bertz CT molecular complexity index is 363. The second-order valence-corrected chi connectivity index (χ2v) is 9.14. The fourth-order valence-electron chi connectivity index (χ4n) is 2.05. The molecule has 1 N–H and O–H groups in total. The van der Waals surface area contributed by atoms with Crippen molar-refractivity contribution < 1.29 is 0 Å². The van der Waals surface area contributed by atoms with E-state index in [9.17, 15) is 0 Å². The molecule has 0 radical (unpaired) electrons. The average Bonchev–Trinajstić information content (AvgIpc) is 2.62. The van der Waals surface area contributed by atoms with Gasteiger partial charge in [-0.25, -0.2) is 0 Å². The van der Waals surface area contributed by atoms with Crippen LogP contribution in [0.5, 0.6) is 0 Å². The first kappa shape index (κ1) is 17.2. The van der Waals surface area contributed by atoms with Gasteiger partial charge in [0.05, 0.1) is 3.79 Å². The number of halogens is 1. The van der Waals surface area contributed by atoms with Gasteiger partial charge in [0.15, 0.2) is 0 Å². The molecule has 0 fully saturated rings. The second-order valence-electron chi connectivity index (χ2n) is 6.68. The van der Waals surface area contributed by atoms with Gasteiger partial charge >= 0.3 is 0 Å². The molecule has 0 aliphatic rings. The van der Waals surface area contributed by atoms with E-state index in [-0.39, 0.29) is 0 Å². The molecule has 110 valence electrons. The largest absolute Gasteiger partial charge is 0.316 e. The lowest BCUT2D eigenvalue weighted by Gasteiger charge is -2.24. The van der Waals surface area contributed by atoms with Gasteiger partial charge in [0.1, 0.15) is 0 Å². The standard InChI is InChI=1S/C16H28BrNS/c1-12(2)11-18-9-8-16(4,5)7-6-14-10-13(3)15(17)19-14/h10,12,18H,6-9,11H2,1-5H3. The summed E-state index contributed by atoms with van der Waals surface area (Å²) < 4.78 is 1.29. The summed E-state index contributed by atoms with van der Waals surface area (Å²) in [5, 5.41) is 3.55. The molecule has 0 aliphatic carbocycles. The topological polar surface area (TPSA) is 12.0 Å². The second kappa shape index (κ2) is 7.80. The zero-order valence-corrected chi connectivity index (χ0v) is 15.4. The minimum absolute atomic E-state index is 0.425. The molecule has 0 bridgehead atoms. The van der Waals surface area contributed by atoms with E-state index in [4.69, 9.17) is 0 Å². The Kier molecular flexibility index (Phi) is 7.06. The summed E-state index contributed by atoms with van der Waals surface area (Å²) in [6.45, 7) is 13.7. The highest BCUT2D eigenvalue weighted by Gasteiger charge is 2.18. The van der Waals surface area contributed by atoms with Gasteiger partial charge in [0, 0.05) is 4.88 Å². The van der Waals surface area contributed by atoms with Crippen LogP contribution in [0.2, 0.25) is 0 Å². The summed E-state index contributed by atoms with van der Waals surface area (Å²) in [6.07, 6.45) is 3.72. The minimum atomic E-state index is 0.425. The normalized spacial score (nSPS) is 12.4. The van der Waals surface area contributed by atoms with Crippen LogP contribution in [0.1, 0.15) is 51.0 Å². The molecule has 0 saturated heterocycles. The zero-order valence-electron chi connectivity index (χ0n) is 13.0. The monoisotopic (exact) mass is 345 g/mol. The van der Waals surface area contributed by atoms with Crippen molar-refractivity contribution in [3.63, 3.8) is 0 Å². The van der Waals surface area contributed by atoms with Crippen molar-refractivity contribution >= 4 is 27.3 Å². The predicted octanol–water partition coefficient (Wildman–Crippen LogP) is 5.41. The van der Waals surface area contributed by atoms with E-state index in [1.807, 2.05) is 11.3 Å². The van der Waals surface area contributed by atoms with E-state index < -0.39 is 0 Å². The molecule has 3 heteroatoms. The van der Waals surface area contributed by atoms with Gasteiger partial charge in [-0.3, -0.25) is 0 Å². The van der Waals surface area contributed by atoms with Gasteiger partial charge in [0.25, 0.3) is 0 Å². The summed E-state index contributed by atoms with van der Waals surface area (Å²) in [7, 11) is 0. The average molecular weight is 346 g/mol. The van der Waals surface area contributed by atoms with Crippen LogP contribution in [0.15, 0.2) is 9.85 Å². The highest BCUT2D eigenvalue weighted by Crippen LogP contribution is 2.32. The van der Waals surface area contributed by atoms with Gasteiger partial charge in [-0.05, 0) is 78.2 Å². The van der Waals surface area contributed by atoms with Crippen molar-refractivity contribution in [1.82, 2.24) is 5.32 Å². The third-order valence-electron chi connectivity index (χ3n) is 3.49. The number of nitrogens with one attached hydrogen (secondary N) is 1. The molecule has 1 aromatic heterocycles. The van der Waals surface area contributed by atoms with Crippen LogP contribution in [0, 0.1) is 18.3 Å². The van der Waals surface area contributed by atoms with Crippen molar-refractivity contribution in [3.05, 3.63) is 20.3 Å². The Labute approximate surface area is 131 Å². The first-order valence-electron chi connectivity index (χ1n) is 7.26. The molecule has 0 spiro atoms. The van der Waals surface area contributed by atoms with Crippen LogP contribution >= 0.6 is 27.3 Å². The van der Waals surface area contributed by atoms with E-state index in [0.717, 1.165) is 19.0 Å². The Hall–Kier alpha value is 0.140. The molecule has 1 nitrogen and oxygen atoms in total. The van der Waals surface area contributed by atoms with Crippen molar-refractivity contribution in [2.45, 2.75) is 53.9 Å². The summed E-state index contributed by atoms with van der Waals surface area (Å²) in [4.78, 5) is 1.51. The highest BCUT2D eigenvalue weighted by atomic mass is 79.9. The zero-order chi connectivity index (χ0) is 14.5. The summed E-state index contributed by atoms with van der Waals surface area (Å²) in [6, 6.07) is 2.32. The first-order chi connectivity index (χ1) is 8.80. The van der Waals surface area contributed by atoms with Crippen molar-refractivity contribution in [2.75, 3.05) is 13.1 Å². The molecule has 0 amide bonds. The number of aryl methyl sites for hydroxylation is 2. The summed E-state index contributed by atoms with van der Waals surface area (Å²) >= 11 is 5.50. The molecule has 1 rings (SSSR count). The number of hydrogen-bond donors (Lipinski definition) is 1. The summed E-state index contributed by atoms with van der Waals surface area (Å²) in [5.74, 6) is 0.745. The molecule has 0 atom stereocenters. The smallest absolute Gasteiger partial charge is 0.0730 e. The molecular weight excluding hydrogens is 318 g/mol. The minimum Gasteiger partial charge on any atom is -0.316 e. The number of thiophene rings is 1. The molecule has 0 aromatic carbocycles. The van der Waals surface area contributed by atoms with Crippen LogP contribution < -0.4 is 5.32 Å². The third kappa shape index (κ3) is 6.92. The van der Waals surface area contributed by atoms with E-state index in [1.165, 1.54) is 33.5 Å². The fraction of sp³-hybridized carbons (Fsp3) is 0.750. The Morgan fingerprint density at radius 3 is 2.53 bits per heavy atom. The molecule has 1 aromatic rings. The Balaban J connectivity index is 2.29. The van der Waals surface area contributed by atoms with Gasteiger partial charge in [0.2, 0.25) is 0 Å². The molecule has 0 saturated carbocycles. The lowest BCUT2D eigenvalue weighted by atomic mass is 9.84. The molecule has 1 heterocycles. The maximum atomic E-state index is 3.61. The van der Waals surface area contributed by atoms with Crippen LogP contribution in [0.4, 0.5) is 0 Å². The van der Waals surface area contributed by atoms with E-state index in [2.05, 4.69) is 61.9 Å². The fourth-order valence-corrected chi connectivity index (χ4v) is 3.68. The molecular formula is C16H28BrNS. The van der Waals surface area contributed by atoms with Gasteiger partial charge in [-0.1, -0.05) is 27.7 Å². The molecule has 0 unspecified atom stereocenters. The van der Waals surface area contributed by atoms with Crippen molar-refractivity contribution in [1.29, 1.82) is 0 Å². The van der Waals surface area contributed by atoms with Crippen molar-refractivity contribution in [2.24, 2.45) is 11.3 Å². The lowest BCUT2D eigenvalue weighted by Crippen LogP contribution is -2.25. The maximum Gasteiger partial charge on any atom is 0.0730 e. The molecule has 19 heavy (non-hydrogen) atoms. The Morgan fingerprint density at radius 1 is 1.32 bits per heavy atom. The Morgan fingerprint density at radius 2 is 2.00 bits per heavy atom. The van der Waals surface area contributed by atoms with Gasteiger partial charge < -0.3 is 5.32 Å². The van der Waals surface area contributed by atoms with E-state index >= 15 is 0 Å². The first-order valence-corrected chi connectivity index (χ1v) is 8.86. The van der Waals surface area contributed by atoms with Crippen LogP contribution in [0.3, 0.4) is 0 Å². The van der Waals surface area contributed by atoms with Gasteiger partial charge in [-0.15, -0.1) is 11.3 Å². The van der Waals surface area contributed by atoms with E-state index in [1.54, 1.807) is 0 Å².